The lowest BCUT2D eigenvalue weighted by Gasteiger charge is -2.34. The zero-order valence-corrected chi connectivity index (χ0v) is 13.7. The minimum Gasteiger partial charge on any atom is -0.495 e. The SMILES string of the molecule is COCO[C@H]1C=C(C)O[C@@H](CCOCc2ccccc2)[C@@H]1C. The van der Waals surface area contributed by atoms with Crippen LogP contribution in [0.3, 0.4) is 0 Å². The third-order valence-electron chi connectivity index (χ3n) is 3.88. The van der Waals surface area contributed by atoms with Crippen LogP contribution >= 0.6 is 0 Å². The molecule has 3 atom stereocenters. The van der Waals surface area contributed by atoms with Gasteiger partial charge in [-0.05, 0) is 18.6 Å². The maximum Gasteiger partial charge on any atom is 0.147 e. The molecule has 0 amide bonds. The Balaban J connectivity index is 1.76. The van der Waals surface area contributed by atoms with E-state index in [4.69, 9.17) is 18.9 Å². The fraction of sp³-hybridized carbons (Fsp3) is 0.556. The number of methoxy groups -OCH3 is 1. The lowest BCUT2D eigenvalue weighted by atomic mass is 9.93. The van der Waals surface area contributed by atoms with Crippen LogP contribution in [-0.4, -0.2) is 32.7 Å². The third-order valence-corrected chi connectivity index (χ3v) is 3.88. The van der Waals surface area contributed by atoms with Crippen molar-refractivity contribution in [3.63, 3.8) is 0 Å². The molecular weight excluding hydrogens is 280 g/mol. The predicted molar refractivity (Wildman–Crippen MR) is 85.3 cm³/mol. The largest absolute Gasteiger partial charge is 0.495 e. The van der Waals surface area contributed by atoms with Gasteiger partial charge in [-0.15, -0.1) is 0 Å². The van der Waals surface area contributed by atoms with Crippen molar-refractivity contribution in [2.45, 2.75) is 39.1 Å². The maximum absolute atomic E-state index is 5.92. The van der Waals surface area contributed by atoms with Gasteiger partial charge in [-0.1, -0.05) is 37.3 Å². The van der Waals surface area contributed by atoms with E-state index in [2.05, 4.69) is 19.1 Å². The highest BCUT2D eigenvalue weighted by molar-refractivity contribution is 5.13. The summed E-state index contributed by atoms with van der Waals surface area (Å²) in [5.74, 6) is 1.19. The molecule has 1 aromatic rings. The second-order valence-electron chi connectivity index (χ2n) is 5.66. The van der Waals surface area contributed by atoms with Gasteiger partial charge in [-0.2, -0.15) is 0 Å². The smallest absolute Gasteiger partial charge is 0.147 e. The Morgan fingerprint density at radius 2 is 1.95 bits per heavy atom. The molecule has 0 radical (unpaired) electrons. The van der Waals surface area contributed by atoms with Gasteiger partial charge in [0, 0.05) is 19.4 Å². The second kappa shape index (κ2) is 8.93. The zero-order valence-electron chi connectivity index (χ0n) is 13.7. The normalized spacial score (nSPS) is 24.7. The Labute approximate surface area is 133 Å². The van der Waals surface area contributed by atoms with E-state index in [0.29, 0.717) is 20.0 Å². The van der Waals surface area contributed by atoms with Crippen LogP contribution < -0.4 is 0 Å². The summed E-state index contributed by atoms with van der Waals surface area (Å²) in [6.07, 6.45) is 3.02. The van der Waals surface area contributed by atoms with Gasteiger partial charge >= 0.3 is 0 Å². The Morgan fingerprint density at radius 1 is 1.18 bits per heavy atom. The highest BCUT2D eigenvalue weighted by Gasteiger charge is 2.30. The molecule has 0 saturated heterocycles. The van der Waals surface area contributed by atoms with E-state index < -0.39 is 0 Å². The first-order valence-electron chi connectivity index (χ1n) is 7.78. The van der Waals surface area contributed by atoms with Crippen molar-refractivity contribution in [1.82, 2.24) is 0 Å². The van der Waals surface area contributed by atoms with Crippen molar-refractivity contribution < 1.29 is 18.9 Å². The second-order valence-corrected chi connectivity index (χ2v) is 5.66. The molecule has 0 bridgehead atoms. The Bertz CT molecular complexity index is 457. The molecule has 0 aromatic heterocycles. The van der Waals surface area contributed by atoms with Crippen LogP contribution in [0.25, 0.3) is 0 Å². The maximum atomic E-state index is 5.92. The molecule has 0 N–H and O–H groups in total. The van der Waals surface area contributed by atoms with Gasteiger partial charge in [0.2, 0.25) is 0 Å². The van der Waals surface area contributed by atoms with E-state index in [0.717, 1.165) is 12.2 Å². The molecule has 0 spiro atoms. The number of hydrogen-bond donors (Lipinski definition) is 0. The molecule has 0 saturated carbocycles. The average Bonchev–Trinajstić information content (AvgIpc) is 2.54. The summed E-state index contributed by atoms with van der Waals surface area (Å²) < 4.78 is 22.4. The molecule has 122 valence electrons. The fourth-order valence-electron chi connectivity index (χ4n) is 2.61. The van der Waals surface area contributed by atoms with Crippen molar-refractivity contribution in [3.8, 4) is 0 Å². The third kappa shape index (κ3) is 5.13. The number of allylic oxidation sites excluding steroid dienone is 1. The van der Waals surface area contributed by atoms with Crippen molar-refractivity contribution in [3.05, 3.63) is 47.7 Å². The lowest BCUT2D eigenvalue weighted by Crippen LogP contribution is -2.37. The Morgan fingerprint density at radius 3 is 2.68 bits per heavy atom. The van der Waals surface area contributed by atoms with Crippen LogP contribution in [0.4, 0.5) is 0 Å². The van der Waals surface area contributed by atoms with Crippen LogP contribution in [-0.2, 0) is 25.6 Å². The topological polar surface area (TPSA) is 36.9 Å². The van der Waals surface area contributed by atoms with Crippen molar-refractivity contribution >= 4 is 0 Å². The standard InChI is InChI=1S/C18H26O4/c1-14-11-18(21-13-19-3)15(2)17(22-14)9-10-20-12-16-7-5-4-6-8-16/h4-8,11,15,17-18H,9-10,12-13H2,1-3H3/t15-,17-,18-/m0/s1. The molecule has 1 aromatic carbocycles. The first kappa shape index (κ1) is 17.0. The van der Waals surface area contributed by atoms with Crippen molar-refractivity contribution in [2.24, 2.45) is 5.92 Å². The lowest BCUT2D eigenvalue weighted by molar-refractivity contribution is -0.106. The fourth-order valence-corrected chi connectivity index (χ4v) is 2.61. The number of rotatable bonds is 8. The summed E-state index contributed by atoms with van der Waals surface area (Å²) in [7, 11) is 1.63. The van der Waals surface area contributed by atoms with Crippen molar-refractivity contribution in [1.29, 1.82) is 0 Å². The first-order valence-corrected chi connectivity index (χ1v) is 7.78. The Hall–Kier alpha value is -1.36. The van der Waals surface area contributed by atoms with Crippen LogP contribution in [0.15, 0.2) is 42.2 Å². The summed E-state index contributed by atoms with van der Waals surface area (Å²) in [5.41, 5.74) is 1.19. The van der Waals surface area contributed by atoms with Gasteiger partial charge in [0.05, 0.1) is 25.1 Å². The summed E-state index contributed by atoms with van der Waals surface area (Å²) in [4.78, 5) is 0. The van der Waals surface area contributed by atoms with Gasteiger partial charge < -0.3 is 18.9 Å². The molecule has 2 rings (SSSR count). The Kier molecular flexibility index (Phi) is 6.90. The highest BCUT2D eigenvalue weighted by atomic mass is 16.7. The molecule has 0 aliphatic carbocycles. The number of benzene rings is 1. The summed E-state index contributed by atoms with van der Waals surface area (Å²) in [6, 6.07) is 10.2. The van der Waals surface area contributed by atoms with Gasteiger partial charge in [0.1, 0.15) is 12.9 Å². The molecule has 22 heavy (non-hydrogen) atoms. The summed E-state index contributed by atoms with van der Waals surface area (Å²) in [5, 5.41) is 0. The van der Waals surface area contributed by atoms with Crippen LogP contribution in [0.5, 0.6) is 0 Å². The van der Waals surface area contributed by atoms with Crippen LogP contribution in [0.1, 0.15) is 25.8 Å². The molecule has 4 heteroatoms. The molecule has 1 heterocycles. The molecule has 1 aliphatic rings. The van der Waals surface area contributed by atoms with E-state index in [9.17, 15) is 0 Å². The van der Waals surface area contributed by atoms with E-state index >= 15 is 0 Å². The molecule has 0 unspecified atom stereocenters. The van der Waals surface area contributed by atoms with E-state index in [1.165, 1.54) is 5.56 Å². The average molecular weight is 306 g/mol. The quantitative estimate of drug-likeness (QED) is 0.544. The van der Waals surface area contributed by atoms with E-state index in [-0.39, 0.29) is 18.1 Å². The molecular formula is C18H26O4. The summed E-state index contributed by atoms with van der Waals surface area (Å²) in [6.45, 7) is 5.72. The van der Waals surface area contributed by atoms with Crippen LogP contribution in [0.2, 0.25) is 0 Å². The monoisotopic (exact) mass is 306 g/mol. The molecule has 4 nitrogen and oxygen atoms in total. The molecule has 1 aliphatic heterocycles. The number of ether oxygens (including phenoxy) is 4. The number of hydrogen-bond acceptors (Lipinski definition) is 4. The highest BCUT2D eigenvalue weighted by Crippen LogP contribution is 2.27. The molecule has 0 fully saturated rings. The van der Waals surface area contributed by atoms with Gasteiger partial charge in [0.15, 0.2) is 0 Å². The van der Waals surface area contributed by atoms with E-state index in [1.807, 2.05) is 31.2 Å². The van der Waals surface area contributed by atoms with Crippen molar-refractivity contribution in [2.75, 3.05) is 20.5 Å². The minimum atomic E-state index is 0.0350. The minimum absolute atomic E-state index is 0.0350. The van der Waals surface area contributed by atoms with Crippen LogP contribution in [0, 0.1) is 5.92 Å². The van der Waals surface area contributed by atoms with E-state index in [1.54, 1.807) is 7.11 Å². The predicted octanol–water partition coefficient (Wildman–Crippen LogP) is 3.52. The summed E-state index contributed by atoms with van der Waals surface area (Å²) >= 11 is 0. The van der Waals surface area contributed by atoms with Gasteiger partial charge in [-0.3, -0.25) is 0 Å². The first-order chi connectivity index (χ1) is 10.7. The van der Waals surface area contributed by atoms with Gasteiger partial charge in [0.25, 0.3) is 0 Å². The van der Waals surface area contributed by atoms with Gasteiger partial charge in [-0.25, -0.2) is 0 Å². The zero-order chi connectivity index (χ0) is 15.8.